The maximum Gasteiger partial charge on any atom is 0.494 e. The van der Waals surface area contributed by atoms with Gasteiger partial charge in [0.2, 0.25) is 0 Å². The van der Waals surface area contributed by atoms with E-state index < -0.39 is 0 Å². The molecule has 2 aliphatic rings. The molecule has 0 N–H and O–H groups in total. The molecule has 4 nitrogen and oxygen atoms in total. The van der Waals surface area contributed by atoms with Gasteiger partial charge in [-0.2, -0.15) is 0 Å². The van der Waals surface area contributed by atoms with Gasteiger partial charge in [-0.3, -0.25) is 4.79 Å². The highest BCUT2D eigenvalue weighted by Gasteiger charge is 2.51. The molecule has 5 heteroatoms. The quantitative estimate of drug-likeness (QED) is 0.727. The molecule has 1 aromatic rings. The molecule has 0 aliphatic carbocycles. The number of ether oxygens (including phenoxy) is 1. The summed E-state index contributed by atoms with van der Waals surface area (Å²) in [5, 5.41) is 0. The van der Waals surface area contributed by atoms with Gasteiger partial charge in [-0.05, 0) is 69.5 Å². The number of ketones is 1. The van der Waals surface area contributed by atoms with Gasteiger partial charge in [0.1, 0.15) is 5.78 Å². The van der Waals surface area contributed by atoms with E-state index in [2.05, 4.69) is 59.7 Å². The minimum atomic E-state index is -0.354. The summed E-state index contributed by atoms with van der Waals surface area (Å²) in [6, 6.07) is 6.52. The predicted octanol–water partition coefficient (Wildman–Crippen LogP) is 3.72. The first-order valence-electron chi connectivity index (χ1n) is 10.7. The first kappa shape index (κ1) is 21.5. The Morgan fingerprint density at radius 3 is 2.25 bits per heavy atom. The normalized spacial score (nSPS) is 25.5. The molecule has 2 aliphatic heterocycles. The number of hydrogen-bond donors (Lipinski definition) is 0. The van der Waals surface area contributed by atoms with Crippen LogP contribution >= 0.6 is 0 Å². The molecular weight excluding hydrogens is 351 g/mol. The number of rotatable bonds is 2. The third-order valence-corrected chi connectivity index (χ3v) is 6.71. The van der Waals surface area contributed by atoms with E-state index in [1.54, 1.807) is 0 Å². The molecule has 0 amide bonds. The summed E-state index contributed by atoms with van der Waals surface area (Å²) in [6.45, 7) is 13.8. The number of benzene rings is 1. The summed E-state index contributed by atoms with van der Waals surface area (Å²) < 4.78 is 18.2. The van der Waals surface area contributed by atoms with E-state index in [0.29, 0.717) is 31.3 Å². The fourth-order valence-corrected chi connectivity index (χ4v) is 4.07. The molecule has 3 rings (SSSR count). The Kier molecular flexibility index (Phi) is 6.38. The first-order chi connectivity index (χ1) is 13.1. The minimum absolute atomic E-state index is 0.0926. The molecule has 0 saturated carbocycles. The van der Waals surface area contributed by atoms with Crippen LogP contribution in [0, 0.1) is 11.8 Å². The van der Waals surface area contributed by atoms with E-state index in [0.717, 1.165) is 24.7 Å². The lowest BCUT2D eigenvalue weighted by Crippen LogP contribution is -2.41. The van der Waals surface area contributed by atoms with Gasteiger partial charge in [0.15, 0.2) is 0 Å². The Balaban J connectivity index is 1.86. The Hall–Kier alpha value is -1.17. The van der Waals surface area contributed by atoms with Crippen molar-refractivity contribution in [1.82, 2.24) is 0 Å². The van der Waals surface area contributed by atoms with Crippen molar-refractivity contribution in [1.29, 1.82) is 0 Å². The molecule has 28 heavy (non-hydrogen) atoms. The highest BCUT2D eigenvalue weighted by atomic mass is 16.7. The topological polar surface area (TPSA) is 44.8 Å². The average molecular weight is 386 g/mol. The lowest BCUT2D eigenvalue weighted by atomic mass is 9.76. The van der Waals surface area contributed by atoms with Crippen LogP contribution in [0.3, 0.4) is 0 Å². The number of aryl methyl sites for hydroxylation is 1. The Morgan fingerprint density at radius 2 is 1.61 bits per heavy atom. The third-order valence-electron chi connectivity index (χ3n) is 6.71. The smallest absolute Gasteiger partial charge is 0.399 e. The average Bonchev–Trinajstić information content (AvgIpc) is 2.80. The van der Waals surface area contributed by atoms with Crippen LogP contribution in [-0.2, 0) is 31.7 Å². The van der Waals surface area contributed by atoms with Crippen LogP contribution in [0.25, 0.3) is 0 Å². The van der Waals surface area contributed by atoms with Crippen LogP contribution < -0.4 is 5.46 Å². The lowest BCUT2D eigenvalue weighted by molar-refractivity contribution is -0.125. The lowest BCUT2D eigenvalue weighted by Gasteiger charge is -2.32. The highest BCUT2D eigenvalue weighted by Crippen LogP contribution is 2.36. The second-order valence-corrected chi connectivity index (χ2v) is 9.58. The molecule has 1 fully saturated rings. The van der Waals surface area contributed by atoms with Crippen molar-refractivity contribution in [2.45, 2.75) is 78.4 Å². The summed E-state index contributed by atoms with van der Waals surface area (Å²) in [4.78, 5) is 12.6. The third kappa shape index (κ3) is 4.53. The number of carbonyl (C=O) groups is 1. The second-order valence-electron chi connectivity index (χ2n) is 9.58. The molecule has 0 aromatic heterocycles. The summed E-state index contributed by atoms with van der Waals surface area (Å²) in [7, 11) is -0.354. The molecule has 0 radical (unpaired) electrons. The van der Waals surface area contributed by atoms with Crippen molar-refractivity contribution in [3.63, 3.8) is 0 Å². The van der Waals surface area contributed by atoms with E-state index in [1.165, 1.54) is 11.1 Å². The maximum atomic E-state index is 12.6. The van der Waals surface area contributed by atoms with Crippen LogP contribution in [0.5, 0.6) is 0 Å². The van der Waals surface area contributed by atoms with Crippen LogP contribution in [0.15, 0.2) is 18.2 Å². The zero-order valence-electron chi connectivity index (χ0n) is 18.3. The van der Waals surface area contributed by atoms with E-state index in [-0.39, 0.29) is 24.2 Å². The maximum absolute atomic E-state index is 12.6. The van der Waals surface area contributed by atoms with Gasteiger partial charge in [-0.15, -0.1) is 0 Å². The van der Waals surface area contributed by atoms with E-state index >= 15 is 0 Å². The predicted molar refractivity (Wildman–Crippen MR) is 113 cm³/mol. The zero-order valence-corrected chi connectivity index (χ0v) is 18.3. The number of Topliss-reactive ketones (excluding diaryl/α,β-unsaturated/α-hetero) is 1. The van der Waals surface area contributed by atoms with Crippen LogP contribution in [-0.4, -0.2) is 37.3 Å². The van der Waals surface area contributed by atoms with E-state index in [1.807, 2.05) is 0 Å². The van der Waals surface area contributed by atoms with E-state index in [9.17, 15) is 4.79 Å². The molecular formula is C23H35BO4. The fourth-order valence-electron chi connectivity index (χ4n) is 4.07. The van der Waals surface area contributed by atoms with Gasteiger partial charge in [0, 0.05) is 12.3 Å². The summed E-state index contributed by atoms with van der Waals surface area (Å²) in [6.07, 6.45) is 3.19. The SMILES string of the molecule is CC(C)C1CCc2cc(B3OC(C)(C)C(C)(C)O3)ccc2CCOCCC1=O. The molecule has 1 saturated heterocycles. The minimum Gasteiger partial charge on any atom is -0.399 e. The van der Waals surface area contributed by atoms with Gasteiger partial charge in [-0.25, -0.2) is 0 Å². The van der Waals surface area contributed by atoms with Crippen molar-refractivity contribution in [2.24, 2.45) is 11.8 Å². The Bertz CT molecular complexity index is 695. The molecule has 1 unspecified atom stereocenters. The van der Waals surface area contributed by atoms with Crippen molar-refractivity contribution >= 4 is 18.4 Å². The summed E-state index contributed by atoms with van der Waals surface area (Å²) in [5.74, 6) is 0.776. The zero-order chi connectivity index (χ0) is 20.5. The molecule has 1 aromatic carbocycles. The van der Waals surface area contributed by atoms with Gasteiger partial charge in [-0.1, -0.05) is 32.0 Å². The largest absolute Gasteiger partial charge is 0.494 e. The van der Waals surface area contributed by atoms with Crippen LogP contribution in [0.2, 0.25) is 0 Å². The van der Waals surface area contributed by atoms with Crippen LogP contribution in [0.1, 0.15) is 65.5 Å². The number of fused-ring (bicyclic) bond motifs is 1. The van der Waals surface area contributed by atoms with Crippen molar-refractivity contribution in [3.05, 3.63) is 29.3 Å². The van der Waals surface area contributed by atoms with Gasteiger partial charge < -0.3 is 14.0 Å². The van der Waals surface area contributed by atoms with Crippen LogP contribution in [0.4, 0.5) is 0 Å². The Morgan fingerprint density at radius 1 is 0.964 bits per heavy atom. The Labute approximate surface area is 170 Å². The van der Waals surface area contributed by atoms with Gasteiger partial charge >= 0.3 is 7.12 Å². The molecule has 1 atom stereocenters. The van der Waals surface area contributed by atoms with Crippen molar-refractivity contribution < 1.29 is 18.8 Å². The molecule has 154 valence electrons. The highest BCUT2D eigenvalue weighted by molar-refractivity contribution is 6.62. The molecule has 0 bridgehead atoms. The number of carbonyl (C=O) groups excluding carboxylic acids is 1. The van der Waals surface area contributed by atoms with Crippen molar-refractivity contribution in [3.8, 4) is 0 Å². The van der Waals surface area contributed by atoms with Gasteiger partial charge in [0.05, 0.1) is 24.4 Å². The summed E-state index contributed by atoms with van der Waals surface area (Å²) >= 11 is 0. The summed E-state index contributed by atoms with van der Waals surface area (Å²) in [5.41, 5.74) is 2.95. The molecule has 2 heterocycles. The second kappa shape index (κ2) is 8.29. The fraction of sp³-hybridized carbons (Fsp3) is 0.696. The number of hydrogen-bond acceptors (Lipinski definition) is 4. The first-order valence-corrected chi connectivity index (χ1v) is 10.7. The molecule has 0 spiro atoms. The van der Waals surface area contributed by atoms with Crippen molar-refractivity contribution in [2.75, 3.05) is 13.2 Å². The standard InChI is InChI=1S/C23H35BO4/c1-16(2)20-10-8-18-15-19(24-27-22(3,4)23(5,6)28-24)9-7-17(18)11-13-26-14-12-21(20)25/h7,9,15-16,20H,8,10-14H2,1-6H3. The monoisotopic (exact) mass is 386 g/mol. The van der Waals surface area contributed by atoms with E-state index in [4.69, 9.17) is 14.0 Å². The van der Waals surface area contributed by atoms with Gasteiger partial charge in [0.25, 0.3) is 0 Å².